The van der Waals surface area contributed by atoms with E-state index in [2.05, 4.69) is 41.4 Å². The Bertz CT molecular complexity index is 644. The van der Waals surface area contributed by atoms with Crippen LogP contribution >= 0.6 is 0 Å². The normalized spacial score (nSPS) is 19.3. The molecule has 2 aliphatic rings. The van der Waals surface area contributed by atoms with Crippen molar-refractivity contribution in [3.05, 3.63) is 29.8 Å². The highest BCUT2D eigenvalue weighted by Crippen LogP contribution is 2.30. The lowest BCUT2D eigenvalue weighted by Crippen LogP contribution is -2.47. The van der Waals surface area contributed by atoms with Crippen LogP contribution in [0.5, 0.6) is 0 Å². The predicted molar refractivity (Wildman–Crippen MR) is 109 cm³/mol. The van der Waals surface area contributed by atoms with Gasteiger partial charge in [0, 0.05) is 50.7 Å². The van der Waals surface area contributed by atoms with Gasteiger partial charge in [-0.1, -0.05) is 18.6 Å². The average molecular weight is 372 g/mol. The first kappa shape index (κ1) is 19.7. The molecule has 1 aromatic rings. The Morgan fingerprint density at radius 3 is 2.22 bits per heavy atom. The van der Waals surface area contributed by atoms with Crippen LogP contribution in [-0.2, 0) is 16.0 Å². The number of rotatable bonds is 6. The van der Waals surface area contributed by atoms with Crippen LogP contribution in [0.1, 0.15) is 44.6 Å². The number of amides is 2. The summed E-state index contributed by atoms with van der Waals surface area (Å²) in [6, 6.07) is 8.58. The number of carbonyl (C=O) groups excluding carboxylic acids is 2. The van der Waals surface area contributed by atoms with E-state index in [1.165, 1.54) is 17.7 Å². The number of benzene rings is 1. The molecule has 1 saturated carbocycles. The molecule has 2 fully saturated rings. The molecule has 3 rings (SSSR count). The van der Waals surface area contributed by atoms with Gasteiger partial charge in [0.05, 0.1) is 0 Å². The summed E-state index contributed by atoms with van der Waals surface area (Å²) in [5.41, 5.74) is 2.41. The van der Waals surface area contributed by atoms with Crippen LogP contribution in [0.15, 0.2) is 24.3 Å². The molecule has 0 radical (unpaired) electrons. The van der Waals surface area contributed by atoms with Crippen molar-refractivity contribution in [3.63, 3.8) is 0 Å². The molecule has 148 valence electrons. The monoisotopic (exact) mass is 371 g/mol. The Balaban J connectivity index is 1.42. The van der Waals surface area contributed by atoms with Gasteiger partial charge in [-0.3, -0.25) is 9.59 Å². The summed E-state index contributed by atoms with van der Waals surface area (Å²) in [5, 5.41) is 3.17. The van der Waals surface area contributed by atoms with E-state index >= 15 is 0 Å². The van der Waals surface area contributed by atoms with Crippen LogP contribution in [0, 0.1) is 11.8 Å². The van der Waals surface area contributed by atoms with Gasteiger partial charge >= 0.3 is 0 Å². The molecule has 1 N–H and O–H groups in total. The lowest BCUT2D eigenvalue weighted by molar-refractivity contribution is -0.141. The van der Waals surface area contributed by atoms with Gasteiger partial charge in [0.15, 0.2) is 0 Å². The Hall–Kier alpha value is -2.04. The minimum absolute atomic E-state index is 0.0361. The fourth-order valence-corrected chi connectivity index (χ4v) is 3.97. The third-order valence-corrected chi connectivity index (χ3v) is 6.02. The van der Waals surface area contributed by atoms with Gasteiger partial charge in [-0.25, -0.2) is 0 Å². The van der Waals surface area contributed by atoms with Crippen molar-refractivity contribution >= 4 is 17.5 Å². The predicted octanol–water partition coefficient (Wildman–Crippen LogP) is 2.84. The fourth-order valence-electron chi connectivity index (χ4n) is 3.97. The van der Waals surface area contributed by atoms with Crippen LogP contribution < -0.4 is 10.2 Å². The largest absolute Gasteiger partial charge is 0.378 e. The molecule has 0 unspecified atom stereocenters. The fraction of sp³-hybridized carbons (Fsp3) is 0.636. The second-order valence-corrected chi connectivity index (χ2v) is 8.40. The van der Waals surface area contributed by atoms with Crippen molar-refractivity contribution in [3.8, 4) is 0 Å². The van der Waals surface area contributed by atoms with E-state index < -0.39 is 0 Å². The molecular weight excluding hydrogens is 338 g/mol. The number of nitrogens with one attached hydrogen (secondary N) is 1. The van der Waals surface area contributed by atoms with E-state index in [4.69, 9.17) is 0 Å². The maximum Gasteiger partial charge on any atom is 0.225 e. The number of anilines is 1. The molecule has 1 heterocycles. The molecular formula is C22H33N3O2. The van der Waals surface area contributed by atoms with Crippen LogP contribution in [0.3, 0.4) is 0 Å². The number of likely N-dealkylation sites (tertiary alicyclic amines) is 1. The number of carbonyl (C=O) groups is 2. The number of nitrogens with zero attached hydrogens (tertiary/aromatic N) is 2. The van der Waals surface area contributed by atoms with Crippen LogP contribution in [-0.4, -0.2) is 49.9 Å². The number of piperidine rings is 1. The summed E-state index contributed by atoms with van der Waals surface area (Å²) in [4.78, 5) is 29.0. The average Bonchev–Trinajstić information content (AvgIpc) is 2.60. The summed E-state index contributed by atoms with van der Waals surface area (Å²) in [5.74, 6) is 0.751. The molecule has 1 aliphatic carbocycles. The third kappa shape index (κ3) is 5.02. The third-order valence-electron chi connectivity index (χ3n) is 6.02. The smallest absolute Gasteiger partial charge is 0.225 e. The molecule has 5 nitrogen and oxygen atoms in total. The van der Waals surface area contributed by atoms with Gasteiger partial charge in [-0.15, -0.1) is 0 Å². The van der Waals surface area contributed by atoms with Crippen LogP contribution in [0.25, 0.3) is 0 Å². The van der Waals surface area contributed by atoms with Crippen molar-refractivity contribution in [2.75, 3.05) is 32.1 Å². The van der Waals surface area contributed by atoms with Crippen molar-refractivity contribution in [2.45, 2.75) is 51.5 Å². The molecule has 1 aromatic carbocycles. The minimum atomic E-state index is 0.0361. The molecule has 27 heavy (non-hydrogen) atoms. The van der Waals surface area contributed by atoms with E-state index in [1.807, 2.05) is 19.0 Å². The molecule has 1 aliphatic heterocycles. The molecule has 0 bridgehead atoms. The quantitative estimate of drug-likeness (QED) is 0.837. The van der Waals surface area contributed by atoms with Crippen molar-refractivity contribution < 1.29 is 9.59 Å². The lowest BCUT2D eigenvalue weighted by atomic mass is 9.83. The first-order valence-corrected chi connectivity index (χ1v) is 10.3. The zero-order valence-corrected chi connectivity index (χ0v) is 16.9. The van der Waals surface area contributed by atoms with Crippen LogP contribution in [0.2, 0.25) is 0 Å². The summed E-state index contributed by atoms with van der Waals surface area (Å²) in [6.07, 6.45) is 5.69. The highest BCUT2D eigenvalue weighted by atomic mass is 16.2. The Labute approximate surface area is 163 Å². The Morgan fingerprint density at radius 2 is 1.70 bits per heavy atom. The van der Waals surface area contributed by atoms with Crippen molar-refractivity contribution in [2.24, 2.45) is 11.8 Å². The minimum Gasteiger partial charge on any atom is -0.378 e. The Kier molecular flexibility index (Phi) is 6.40. The topological polar surface area (TPSA) is 52.7 Å². The standard InChI is InChI=1S/C22H33N3O2/c1-16(15-17-7-9-20(10-8-17)24(2)3)23-21(26)18-11-13-25(14-12-18)22(27)19-5-4-6-19/h7-10,16,18-19H,4-6,11-15H2,1-3H3,(H,23,26)/t16-/m1/s1. The van der Waals surface area contributed by atoms with Crippen LogP contribution in [0.4, 0.5) is 5.69 Å². The summed E-state index contributed by atoms with van der Waals surface area (Å²) in [6.45, 7) is 3.52. The van der Waals surface area contributed by atoms with Gasteiger partial charge in [-0.05, 0) is 56.7 Å². The van der Waals surface area contributed by atoms with Crippen molar-refractivity contribution in [1.29, 1.82) is 0 Å². The lowest BCUT2D eigenvalue weighted by Gasteiger charge is -2.36. The van der Waals surface area contributed by atoms with Gasteiger partial charge in [-0.2, -0.15) is 0 Å². The maximum absolute atomic E-state index is 12.6. The van der Waals surface area contributed by atoms with E-state index in [0.29, 0.717) is 5.91 Å². The number of hydrogen-bond donors (Lipinski definition) is 1. The summed E-state index contributed by atoms with van der Waals surface area (Å²) in [7, 11) is 4.06. The zero-order valence-electron chi connectivity index (χ0n) is 16.9. The van der Waals surface area contributed by atoms with E-state index in [1.54, 1.807) is 0 Å². The molecule has 1 saturated heterocycles. The second-order valence-electron chi connectivity index (χ2n) is 8.40. The summed E-state index contributed by atoms with van der Waals surface area (Å²) >= 11 is 0. The Morgan fingerprint density at radius 1 is 1.07 bits per heavy atom. The molecule has 0 aromatic heterocycles. The van der Waals surface area contributed by atoms with Gasteiger partial charge in [0.25, 0.3) is 0 Å². The molecule has 5 heteroatoms. The zero-order chi connectivity index (χ0) is 19.4. The van der Waals surface area contributed by atoms with E-state index in [9.17, 15) is 9.59 Å². The highest BCUT2D eigenvalue weighted by molar-refractivity contribution is 5.81. The highest BCUT2D eigenvalue weighted by Gasteiger charge is 2.33. The van der Waals surface area contributed by atoms with E-state index in [-0.39, 0.29) is 23.8 Å². The van der Waals surface area contributed by atoms with Gasteiger partial charge < -0.3 is 15.1 Å². The van der Waals surface area contributed by atoms with Crippen molar-refractivity contribution in [1.82, 2.24) is 10.2 Å². The van der Waals surface area contributed by atoms with Gasteiger partial charge in [0.2, 0.25) is 11.8 Å². The second kappa shape index (κ2) is 8.77. The van der Waals surface area contributed by atoms with Gasteiger partial charge in [0.1, 0.15) is 0 Å². The first-order valence-electron chi connectivity index (χ1n) is 10.3. The first-order chi connectivity index (χ1) is 12.9. The van der Waals surface area contributed by atoms with E-state index in [0.717, 1.165) is 45.2 Å². The molecule has 1 atom stereocenters. The molecule has 2 amide bonds. The SMILES string of the molecule is C[C@H](Cc1ccc(N(C)C)cc1)NC(=O)C1CCN(C(=O)C2CCC2)CC1. The summed E-state index contributed by atoms with van der Waals surface area (Å²) < 4.78 is 0. The maximum atomic E-state index is 12.6. The number of hydrogen-bond acceptors (Lipinski definition) is 3. The molecule has 0 spiro atoms.